The van der Waals surface area contributed by atoms with Crippen LogP contribution in [0, 0.1) is 0 Å². The van der Waals surface area contributed by atoms with Crippen LogP contribution in [0.4, 0.5) is 0 Å². The van der Waals surface area contributed by atoms with Gasteiger partial charge in [-0.1, -0.05) is 62.3 Å². The lowest BCUT2D eigenvalue weighted by molar-refractivity contribution is 1.34. The highest BCUT2D eigenvalue weighted by atomic mass is 79.9. The third-order valence-corrected chi connectivity index (χ3v) is 2.78. The third-order valence-electron chi connectivity index (χ3n) is 1.26. The maximum absolute atomic E-state index is 5.85. The molecule has 0 aliphatic heterocycles. The molecular weight excluding hydrogens is 306 g/mol. The predicted octanol–water partition coefficient (Wildman–Crippen LogP) is 5.23. The lowest BCUT2D eigenvalue weighted by atomic mass is 10.2. The Bertz CT molecular complexity index is 274. The standard InChI is InChI=1S/C7H3BrCl4/c8-3-1-4(9)6(7(11)12)5(10)2-3/h1-2,7H. The number of rotatable bonds is 1. The lowest BCUT2D eigenvalue weighted by Gasteiger charge is -2.07. The molecule has 66 valence electrons. The van der Waals surface area contributed by atoms with Crippen molar-refractivity contribution in [1.82, 2.24) is 0 Å². The molecule has 0 bridgehead atoms. The van der Waals surface area contributed by atoms with Gasteiger partial charge in [0.25, 0.3) is 0 Å². The normalized spacial score (nSPS) is 10.8. The summed E-state index contributed by atoms with van der Waals surface area (Å²) in [4.78, 5) is -0.696. The van der Waals surface area contributed by atoms with Crippen LogP contribution in [0.3, 0.4) is 0 Å². The van der Waals surface area contributed by atoms with Crippen molar-refractivity contribution in [2.45, 2.75) is 4.84 Å². The van der Waals surface area contributed by atoms with E-state index >= 15 is 0 Å². The first-order chi connectivity index (χ1) is 5.52. The number of halogens is 5. The van der Waals surface area contributed by atoms with Crippen LogP contribution in [0.5, 0.6) is 0 Å². The average molecular weight is 309 g/mol. The Morgan fingerprint density at radius 1 is 1.08 bits per heavy atom. The van der Waals surface area contributed by atoms with E-state index in [4.69, 9.17) is 46.4 Å². The molecular formula is C7H3BrCl4. The smallest absolute Gasteiger partial charge is 0.0999 e. The number of alkyl halides is 2. The largest absolute Gasteiger partial charge is 0.135 e. The summed E-state index contributed by atoms with van der Waals surface area (Å²) in [6.45, 7) is 0. The summed E-state index contributed by atoms with van der Waals surface area (Å²) in [7, 11) is 0. The second-order valence-corrected chi connectivity index (χ2v) is 4.91. The topological polar surface area (TPSA) is 0 Å². The number of hydrogen-bond acceptors (Lipinski definition) is 0. The Kier molecular flexibility index (Phi) is 4.00. The van der Waals surface area contributed by atoms with Gasteiger partial charge in [0.05, 0.1) is 0 Å². The van der Waals surface area contributed by atoms with Crippen molar-refractivity contribution < 1.29 is 0 Å². The maximum Gasteiger partial charge on any atom is 0.135 e. The van der Waals surface area contributed by atoms with Gasteiger partial charge in [0, 0.05) is 20.1 Å². The van der Waals surface area contributed by atoms with Gasteiger partial charge in [-0.3, -0.25) is 0 Å². The molecule has 5 heteroatoms. The number of hydrogen-bond donors (Lipinski definition) is 0. The molecule has 0 radical (unpaired) electrons. The zero-order chi connectivity index (χ0) is 9.30. The Morgan fingerprint density at radius 2 is 1.50 bits per heavy atom. The van der Waals surface area contributed by atoms with Crippen molar-refractivity contribution in [2.75, 3.05) is 0 Å². The molecule has 1 aromatic rings. The van der Waals surface area contributed by atoms with Gasteiger partial charge < -0.3 is 0 Å². The molecule has 0 nitrogen and oxygen atoms in total. The molecule has 1 aromatic carbocycles. The van der Waals surface area contributed by atoms with Crippen LogP contribution in [0.1, 0.15) is 10.4 Å². The molecule has 0 atom stereocenters. The molecule has 0 unspecified atom stereocenters. The van der Waals surface area contributed by atoms with Crippen LogP contribution < -0.4 is 0 Å². The van der Waals surface area contributed by atoms with Crippen molar-refractivity contribution in [2.24, 2.45) is 0 Å². The van der Waals surface area contributed by atoms with Gasteiger partial charge in [0.1, 0.15) is 4.84 Å². The van der Waals surface area contributed by atoms with Gasteiger partial charge in [-0.15, -0.1) is 0 Å². The molecule has 0 saturated carbocycles. The van der Waals surface area contributed by atoms with Crippen molar-refractivity contribution in [1.29, 1.82) is 0 Å². The van der Waals surface area contributed by atoms with Crippen LogP contribution in [0.2, 0.25) is 10.0 Å². The molecule has 0 amide bonds. The highest BCUT2D eigenvalue weighted by molar-refractivity contribution is 9.10. The first-order valence-electron chi connectivity index (χ1n) is 2.95. The van der Waals surface area contributed by atoms with Gasteiger partial charge in [0.15, 0.2) is 0 Å². The molecule has 1 rings (SSSR count). The fourth-order valence-corrected chi connectivity index (χ4v) is 2.88. The fourth-order valence-electron chi connectivity index (χ4n) is 0.762. The summed E-state index contributed by atoms with van der Waals surface area (Å²) in [6, 6.07) is 3.39. The van der Waals surface area contributed by atoms with Crippen molar-refractivity contribution in [3.63, 3.8) is 0 Å². The van der Waals surface area contributed by atoms with Gasteiger partial charge in [-0.25, -0.2) is 0 Å². The quantitative estimate of drug-likeness (QED) is 0.623. The van der Waals surface area contributed by atoms with Crippen LogP contribution in [-0.4, -0.2) is 0 Å². The second-order valence-electron chi connectivity index (χ2n) is 2.08. The van der Waals surface area contributed by atoms with Crippen LogP contribution in [0.25, 0.3) is 0 Å². The van der Waals surface area contributed by atoms with E-state index in [1.54, 1.807) is 12.1 Å². The summed E-state index contributed by atoms with van der Waals surface area (Å²) in [5, 5.41) is 0.925. The summed E-state index contributed by atoms with van der Waals surface area (Å²) in [5.74, 6) is 0. The van der Waals surface area contributed by atoms with E-state index in [9.17, 15) is 0 Å². The zero-order valence-corrected chi connectivity index (χ0v) is 10.2. The summed E-state index contributed by atoms with van der Waals surface area (Å²) in [6.07, 6.45) is 0. The molecule has 0 spiro atoms. The summed E-state index contributed by atoms with van der Waals surface area (Å²) in [5.41, 5.74) is 0.546. The first-order valence-corrected chi connectivity index (χ1v) is 5.37. The van der Waals surface area contributed by atoms with E-state index in [0.717, 1.165) is 4.47 Å². The summed E-state index contributed by atoms with van der Waals surface area (Å²) < 4.78 is 0.801. The Balaban J connectivity index is 3.28. The second kappa shape index (κ2) is 4.39. The Labute approximate surface area is 98.9 Å². The molecule has 0 aliphatic carbocycles. The molecule has 0 saturated heterocycles. The van der Waals surface area contributed by atoms with E-state index in [1.807, 2.05) is 0 Å². The van der Waals surface area contributed by atoms with E-state index < -0.39 is 4.84 Å². The molecule has 0 heterocycles. The minimum Gasteiger partial charge on any atom is -0.0999 e. The minimum atomic E-state index is -0.696. The van der Waals surface area contributed by atoms with Gasteiger partial charge >= 0.3 is 0 Å². The van der Waals surface area contributed by atoms with E-state index in [2.05, 4.69) is 15.9 Å². The van der Waals surface area contributed by atoms with Crippen LogP contribution in [0.15, 0.2) is 16.6 Å². The van der Waals surface area contributed by atoms with Crippen LogP contribution >= 0.6 is 62.3 Å². The van der Waals surface area contributed by atoms with E-state index in [-0.39, 0.29) is 0 Å². The monoisotopic (exact) mass is 306 g/mol. The Morgan fingerprint density at radius 3 is 1.83 bits per heavy atom. The fraction of sp³-hybridized carbons (Fsp3) is 0.143. The van der Waals surface area contributed by atoms with Gasteiger partial charge in [-0.2, -0.15) is 0 Å². The zero-order valence-electron chi connectivity index (χ0n) is 5.62. The van der Waals surface area contributed by atoms with E-state index in [1.165, 1.54) is 0 Å². The van der Waals surface area contributed by atoms with E-state index in [0.29, 0.717) is 15.6 Å². The van der Waals surface area contributed by atoms with Crippen molar-refractivity contribution in [3.05, 3.63) is 32.2 Å². The predicted molar refractivity (Wildman–Crippen MR) is 58.6 cm³/mol. The van der Waals surface area contributed by atoms with Crippen molar-refractivity contribution >= 4 is 62.3 Å². The molecule has 0 N–H and O–H groups in total. The van der Waals surface area contributed by atoms with Gasteiger partial charge in [0.2, 0.25) is 0 Å². The summed E-state index contributed by atoms with van der Waals surface area (Å²) >= 11 is 26.2. The average Bonchev–Trinajstić information content (AvgIpc) is 1.82. The minimum absolute atomic E-state index is 0.462. The highest BCUT2D eigenvalue weighted by Gasteiger charge is 2.13. The number of benzene rings is 1. The van der Waals surface area contributed by atoms with Crippen molar-refractivity contribution in [3.8, 4) is 0 Å². The maximum atomic E-state index is 5.85. The molecule has 0 aliphatic rings. The third kappa shape index (κ3) is 2.43. The lowest BCUT2D eigenvalue weighted by Crippen LogP contribution is -1.85. The molecule has 0 aromatic heterocycles. The highest BCUT2D eigenvalue weighted by Crippen LogP contribution is 2.38. The first kappa shape index (κ1) is 10.9. The molecule has 12 heavy (non-hydrogen) atoms. The Hall–Kier alpha value is 0.860. The SMILES string of the molecule is Clc1cc(Br)cc(Cl)c1C(Cl)Cl. The van der Waals surface area contributed by atoms with Crippen LogP contribution in [-0.2, 0) is 0 Å². The molecule has 0 fully saturated rings. The van der Waals surface area contributed by atoms with Gasteiger partial charge in [-0.05, 0) is 12.1 Å².